The first-order valence-electron chi connectivity index (χ1n) is 6.02. The second-order valence-electron chi connectivity index (χ2n) is 4.69. The summed E-state index contributed by atoms with van der Waals surface area (Å²) in [6.45, 7) is 2.25. The predicted molar refractivity (Wildman–Crippen MR) is 63.2 cm³/mol. The molecule has 0 radical (unpaired) electrons. The van der Waals surface area contributed by atoms with Gasteiger partial charge >= 0.3 is 5.97 Å². The minimum atomic E-state index is -0.0573. The average Bonchev–Trinajstić information content (AvgIpc) is 2.31. The van der Waals surface area contributed by atoms with E-state index in [1.807, 2.05) is 30.3 Å². The number of ether oxygens (including phenoxy) is 1. The monoisotopic (exact) mass is 218 g/mol. The van der Waals surface area contributed by atoms with Gasteiger partial charge in [-0.15, -0.1) is 0 Å². The summed E-state index contributed by atoms with van der Waals surface area (Å²) < 4.78 is 5.35. The van der Waals surface area contributed by atoms with Crippen LogP contribution < -0.4 is 4.74 Å². The highest BCUT2D eigenvalue weighted by Gasteiger charge is 2.25. The maximum Gasteiger partial charge on any atom is 0.314 e. The van der Waals surface area contributed by atoms with Crippen molar-refractivity contribution in [1.29, 1.82) is 0 Å². The van der Waals surface area contributed by atoms with Crippen LogP contribution in [0.25, 0.3) is 0 Å². The van der Waals surface area contributed by atoms with Crippen molar-refractivity contribution in [2.45, 2.75) is 32.6 Å². The average molecular weight is 218 g/mol. The molecule has 0 amide bonds. The van der Waals surface area contributed by atoms with Crippen LogP contribution in [0.5, 0.6) is 5.75 Å². The van der Waals surface area contributed by atoms with E-state index in [9.17, 15) is 4.79 Å². The molecule has 2 nitrogen and oxygen atoms in total. The molecule has 1 aromatic carbocycles. The highest BCUT2D eigenvalue weighted by Crippen LogP contribution is 2.29. The first kappa shape index (κ1) is 11.2. The number of carbonyl (C=O) groups is 1. The summed E-state index contributed by atoms with van der Waals surface area (Å²) in [5, 5.41) is 0. The van der Waals surface area contributed by atoms with Crippen molar-refractivity contribution in [3.8, 4) is 5.75 Å². The molecule has 1 aliphatic rings. The van der Waals surface area contributed by atoms with Crippen molar-refractivity contribution in [2.24, 2.45) is 11.8 Å². The van der Waals surface area contributed by atoms with E-state index in [-0.39, 0.29) is 11.9 Å². The Labute approximate surface area is 96.6 Å². The van der Waals surface area contributed by atoms with E-state index >= 15 is 0 Å². The van der Waals surface area contributed by atoms with Gasteiger partial charge < -0.3 is 4.74 Å². The van der Waals surface area contributed by atoms with Gasteiger partial charge in [-0.25, -0.2) is 0 Å². The molecule has 0 saturated heterocycles. The third-order valence-corrected chi connectivity index (χ3v) is 3.31. The van der Waals surface area contributed by atoms with Gasteiger partial charge in [-0.1, -0.05) is 25.1 Å². The Morgan fingerprint density at radius 1 is 1.12 bits per heavy atom. The van der Waals surface area contributed by atoms with Crippen LogP contribution >= 0.6 is 0 Å². The van der Waals surface area contributed by atoms with Crippen molar-refractivity contribution in [3.63, 3.8) is 0 Å². The molecule has 0 atom stereocenters. The van der Waals surface area contributed by atoms with Gasteiger partial charge in [0.25, 0.3) is 0 Å². The number of carbonyl (C=O) groups excluding carboxylic acids is 1. The molecule has 86 valence electrons. The van der Waals surface area contributed by atoms with E-state index in [0.717, 1.165) is 31.6 Å². The summed E-state index contributed by atoms with van der Waals surface area (Å²) in [5.41, 5.74) is 0. The number of rotatable bonds is 2. The van der Waals surface area contributed by atoms with Gasteiger partial charge in [0.2, 0.25) is 0 Å². The number of hydrogen-bond acceptors (Lipinski definition) is 2. The Bertz CT molecular complexity index is 337. The lowest BCUT2D eigenvalue weighted by Gasteiger charge is -2.24. The van der Waals surface area contributed by atoms with Gasteiger partial charge in [0, 0.05) is 0 Å². The number of para-hydroxylation sites is 1. The number of hydrogen-bond donors (Lipinski definition) is 0. The zero-order valence-electron chi connectivity index (χ0n) is 9.69. The molecule has 0 spiro atoms. The topological polar surface area (TPSA) is 26.3 Å². The van der Waals surface area contributed by atoms with Gasteiger partial charge in [-0.3, -0.25) is 4.79 Å². The third kappa shape index (κ3) is 2.84. The second kappa shape index (κ2) is 5.15. The summed E-state index contributed by atoms with van der Waals surface area (Å²) in [4.78, 5) is 11.9. The van der Waals surface area contributed by atoms with Crippen LogP contribution in [-0.4, -0.2) is 5.97 Å². The van der Waals surface area contributed by atoms with Gasteiger partial charge in [0.1, 0.15) is 5.75 Å². The summed E-state index contributed by atoms with van der Waals surface area (Å²) in [6.07, 6.45) is 4.25. The van der Waals surface area contributed by atoms with Crippen LogP contribution in [0.15, 0.2) is 30.3 Å². The number of benzene rings is 1. The normalized spacial score (nSPS) is 25.1. The molecule has 0 unspecified atom stereocenters. The Morgan fingerprint density at radius 2 is 1.75 bits per heavy atom. The Kier molecular flexibility index (Phi) is 3.60. The van der Waals surface area contributed by atoms with Crippen LogP contribution in [0.4, 0.5) is 0 Å². The lowest BCUT2D eigenvalue weighted by Crippen LogP contribution is -2.24. The van der Waals surface area contributed by atoms with E-state index in [4.69, 9.17) is 4.74 Å². The van der Waals surface area contributed by atoms with Crippen LogP contribution in [0.1, 0.15) is 32.6 Å². The number of esters is 1. The van der Waals surface area contributed by atoms with Crippen LogP contribution in [0.3, 0.4) is 0 Å². The summed E-state index contributed by atoms with van der Waals surface area (Å²) in [5.74, 6) is 1.47. The first-order valence-corrected chi connectivity index (χ1v) is 6.02. The molecular formula is C14H18O2. The molecule has 0 aliphatic heterocycles. The maximum absolute atomic E-state index is 11.9. The standard InChI is InChI=1S/C14H18O2/c1-11-7-9-12(10-8-11)14(15)16-13-5-3-2-4-6-13/h2-6,11-12H,7-10H2,1H3. The lowest BCUT2D eigenvalue weighted by atomic mass is 9.83. The fraction of sp³-hybridized carbons (Fsp3) is 0.500. The molecule has 0 N–H and O–H groups in total. The highest BCUT2D eigenvalue weighted by atomic mass is 16.5. The Hall–Kier alpha value is -1.31. The molecule has 1 aromatic rings. The predicted octanol–water partition coefficient (Wildman–Crippen LogP) is 3.42. The van der Waals surface area contributed by atoms with Crippen molar-refractivity contribution in [2.75, 3.05) is 0 Å². The smallest absolute Gasteiger partial charge is 0.314 e. The third-order valence-electron chi connectivity index (χ3n) is 3.31. The minimum Gasteiger partial charge on any atom is -0.426 e. The maximum atomic E-state index is 11.9. The van der Waals surface area contributed by atoms with Crippen LogP contribution in [0.2, 0.25) is 0 Å². The summed E-state index contributed by atoms with van der Waals surface area (Å²) >= 11 is 0. The lowest BCUT2D eigenvalue weighted by molar-refractivity contribution is -0.140. The van der Waals surface area contributed by atoms with E-state index in [1.54, 1.807) is 0 Å². The van der Waals surface area contributed by atoms with E-state index in [1.165, 1.54) is 0 Å². The van der Waals surface area contributed by atoms with Gasteiger partial charge in [-0.2, -0.15) is 0 Å². The molecule has 2 rings (SSSR count). The van der Waals surface area contributed by atoms with E-state index < -0.39 is 0 Å². The van der Waals surface area contributed by atoms with Gasteiger partial charge in [0.15, 0.2) is 0 Å². The summed E-state index contributed by atoms with van der Waals surface area (Å²) in [7, 11) is 0. The molecule has 16 heavy (non-hydrogen) atoms. The van der Waals surface area contributed by atoms with Crippen molar-refractivity contribution >= 4 is 5.97 Å². The molecule has 0 bridgehead atoms. The van der Waals surface area contributed by atoms with Gasteiger partial charge in [0.05, 0.1) is 5.92 Å². The molecule has 0 heterocycles. The van der Waals surface area contributed by atoms with E-state index in [0.29, 0.717) is 5.75 Å². The minimum absolute atomic E-state index is 0.0573. The Balaban J connectivity index is 1.89. The van der Waals surface area contributed by atoms with Crippen molar-refractivity contribution in [3.05, 3.63) is 30.3 Å². The molecule has 1 aliphatic carbocycles. The summed E-state index contributed by atoms with van der Waals surface area (Å²) in [6, 6.07) is 9.32. The molecule has 2 heteroatoms. The fourth-order valence-corrected chi connectivity index (χ4v) is 2.18. The van der Waals surface area contributed by atoms with Crippen LogP contribution in [-0.2, 0) is 4.79 Å². The van der Waals surface area contributed by atoms with Crippen LogP contribution in [0, 0.1) is 11.8 Å². The quantitative estimate of drug-likeness (QED) is 0.561. The second-order valence-corrected chi connectivity index (χ2v) is 4.69. The highest BCUT2D eigenvalue weighted by molar-refractivity contribution is 5.75. The SMILES string of the molecule is CC1CCC(C(=O)Oc2ccccc2)CC1. The molecular weight excluding hydrogens is 200 g/mol. The first-order chi connectivity index (χ1) is 7.75. The largest absolute Gasteiger partial charge is 0.426 e. The molecule has 1 fully saturated rings. The van der Waals surface area contributed by atoms with E-state index in [2.05, 4.69) is 6.92 Å². The Morgan fingerprint density at radius 3 is 2.38 bits per heavy atom. The molecule has 0 aromatic heterocycles. The van der Waals surface area contributed by atoms with Crippen molar-refractivity contribution < 1.29 is 9.53 Å². The van der Waals surface area contributed by atoms with Crippen molar-refractivity contribution in [1.82, 2.24) is 0 Å². The fourth-order valence-electron chi connectivity index (χ4n) is 2.18. The zero-order chi connectivity index (χ0) is 11.4. The zero-order valence-corrected chi connectivity index (χ0v) is 9.69. The van der Waals surface area contributed by atoms with Gasteiger partial charge in [-0.05, 0) is 43.7 Å². The molecule has 1 saturated carbocycles.